The van der Waals surface area contributed by atoms with Gasteiger partial charge in [-0.2, -0.15) is 0 Å². The molecular weight excluding hydrogens is 336 g/mol. The van der Waals surface area contributed by atoms with Gasteiger partial charge in [0, 0.05) is 28.3 Å². The van der Waals surface area contributed by atoms with Crippen molar-refractivity contribution in [1.29, 1.82) is 0 Å². The first-order valence-corrected chi connectivity index (χ1v) is 9.34. The predicted molar refractivity (Wildman–Crippen MR) is 103 cm³/mol. The van der Waals surface area contributed by atoms with Gasteiger partial charge in [0.05, 0.1) is 6.04 Å². The standard InChI is InChI=1S/C19H20N2OS2/c1-3-11-21-13(2)16(18(22)14-8-5-4-6-9-14)17(20-19(21)23)15-10-7-12-24-15/h4-10,12,17H,3,11H2,1-2H3,(H,20,23). The first kappa shape index (κ1) is 16.9. The van der Waals surface area contributed by atoms with Crippen LogP contribution in [-0.2, 0) is 0 Å². The molecular formula is C19H20N2OS2. The monoisotopic (exact) mass is 356 g/mol. The number of carbonyl (C=O) groups is 1. The van der Waals surface area contributed by atoms with E-state index in [9.17, 15) is 4.79 Å². The molecule has 1 atom stereocenters. The van der Waals surface area contributed by atoms with E-state index in [0.717, 1.165) is 29.1 Å². The molecule has 124 valence electrons. The zero-order chi connectivity index (χ0) is 17.1. The lowest BCUT2D eigenvalue weighted by atomic mass is 9.92. The van der Waals surface area contributed by atoms with Crippen molar-refractivity contribution in [1.82, 2.24) is 10.2 Å². The number of nitrogens with zero attached hydrogens (tertiary/aromatic N) is 1. The molecule has 1 unspecified atom stereocenters. The maximum Gasteiger partial charge on any atom is 0.193 e. The summed E-state index contributed by atoms with van der Waals surface area (Å²) in [5.41, 5.74) is 2.44. The van der Waals surface area contributed by atoms with Crippen molar-refractivity contribution in [2.24, 2.45) is 0 Å². The Morgan fingerprint density at radius 2 is 2.00 bits per heavy atom. The Morgan fingerprint density at radius 1 is 1.25 bits per heavy atom. The number of nitrogens with one attached hydrogen (secondary N) is 1. The van der Waals surface area contributed by atoms with Crippen molar-refractivity contribution in [3.05, 3.63) is 69.6 Å². The SMILES string of the molecule is CCCN1C(=S)NC(c2cccs2)C(C(=O)c2ccccc2)=C1C. The molecule has 0 saturated heterocycles. The van der Waals surface area contributed by atoms with Crippen molar-refractivity contribution in [2.45, 2.75) is 26.3 Å². The van der Waals surface area contributed by atoms with Gasteiger partial charge in [-0.15, -0.1) is 11.3 Å². The van der Waals surface area contributed by atoms with Crippen molar-refractivity contribution in [3.63, 3.8) is 0 Å². The van der Waals surface area contributed by atoms with Crippen LogP contribution in [0.4, 0.5) is 0 Å². The molecule has 1 aliphatic heterocycles. The van der Waals surface area contributed by atoms with Crippen LogP contribution < -0.4 is 5.32 Å². The number of rotatable bonds is 5. The van der Waals surface area contributed by atoms with Crippen LogP contribution in [0.3, 0.4) is 0 Å². The Labute approximate surface area is 152 Å². The zero-order valence-electron chi connectivity index (χ0n) is 13.8. The second kappa shape index (κ2) is 7.28. The van der Waals surface area contributed by atoms with Gasteiger partial charge in [-0.25, -0.2) is 0 Å². The number of ketones is 1. The maximum atomic E-state index is 13.2. The second-order valence-corrected chi connectivity index (χ2v) is 7.11. The molecule has 0 spiro atoms. The average Bonchev–Trinajstić information content (AvgIpc) is 3.13. The van der Waals surface area contributed by atoms with Gasteiger partial charge in [-0.3, -0.25) is 4.79 Å². The third kappa shape index (κ3) is 3.14. The number of allylic oxidation sites excluding steroid dienone is 1. The number of thiocarbonyl (C=S) groups is 1. The molecule has 1 aromatic heterocycles. The van der Waals surface area contributed by atoms with Crippen LogP contribution in [0, 0.1) is 0 Å². The first-order chi connectivity index (χ1) is 11.6. The largest absolute Gasteiger partial charge is 0.350 e. The molecule has 0 radical (unpaired) electrons. The summed E-state index contributed by atoms with van der Waals surface area (Å²) in [5.74, 6) is 0.0580. The Morgan fingerprint density at radius 3 is 2.62 bits per heavy atom. The molecule has 0 amide bonds. The van der Waals surface area contributed by atoms with Gasteiger partial charge in [0.25, 0.3) is 0 Å². The highest BCUT2D eigenvalue weighted by Crippen LogP contribution is 2.34. The summed E-state index contributed by atoms with van der Waals surface area (Å²) in [6, 6.07) is 13.3. The van der Waals surface area contributed by atoms with E-state index in [2.05, 4.69) is 12.2 Å². The predicted octanol–water partition coefficient (Wildman–Crippen LogP) is 4.55. The molecule has 1 aromatic carbocycles. The van der Waals surface area contributed by atoms with Crippen LogP contribution in [0.15, 0.2) is 59.1 Å². The molecule has 24 heavy (non-hydrogen) atoms. The van der Waals surface area contributed by atoms with Gasteiger partial charge >= 0.3 is 0 Å². The Hall–Kier alpha value is -1.98. The summed E-state index contributed by atoms with van der Waals surface area (Å²) in [7, 11) is 0. The molecule has 0 bridgehead atoms. The van der Waals surface area contributed by atoms with Crippen molar-refractivity contribution < 1.29 is 4.79 Å². The molecule has 2 aromatic rings. The Bertz CT molecular complexity index is 766. The molecule has 1 aliphatic rings. The van der Waals surface area contributed by atoms with E-state index in [1.807, 2.05) is 59.7 Å². The number of hydrogen-bond acceptors (Lipinski definition) is 3. The molecule has 0 saturated carbocycles. The van der Waals surface area contributed by atoms with Gasteiger partial charge < -0.3 is 10.2 Å². The highest BCUT2D eigenvalue weighted by Gasteiger charge is 2.34. The fourth-order valence-electron chi connectivity index (χ4n) is 2.98. The molecule has 2 heterocycles. The summed E-state index contributed by atoms with van der Waals surface area (Å²) in [6.07, 6.45) is 0.968. The average molecular weight is 357 g/mol. The highest BCUT2D eigenvalue weighted by molar-refractivity contribution is 7.80. The number of hydrogen-bond donors (Lipinski definition) is 1. The molecule has 5 heteroatoms. The highest BCUT2D eigenvalue weighted by atomic mass is 32.1. The molecule has 3 rings (SSSR count). The van der Waals surface area contributed by atoms with E-state index in [4.69, 9.17) is 12.2 Å². The molecule has 0 aliphatic carbocycles. The summed E-state index contributed by atoms with van der Waals surface area (Å²) in [5, 5.41) is 6.09. The van der Waals surface area contributed by atoms with Gasteiger partial charge in [0.1, 0.15) is 0 Å². The molecule has 0 fully saturated rings. The lowest BCUT2D eigenvalue weighted by molar-refractivity contribution is 0.102. The number of Topliss-reactive ketones (excluding diaryl/α,β-unsaturated/α-hetero) is 1. The van der Waals surface area contributed by atoms with E-state index < -0.39 is 0 Å². The Kier molecular flexibility index (Phi) is 5.11. The van der Waals surface area contributed by atoms with E-state index in [1.54, 1.807) is 11.3 Å². The summed E-state index contributed by atoms with van der Waals surface area (Å²) in [6.45, 7) is 4.92. The van der Waals surface area contributed by atoms with Gasteiger partial charge in [-0.1, -0.05) is 43.3 Å². The van der Waals surface area contributed by atoms with Crippen LogP contribution in [0.1, 0.15) is 41.5 Å². The minimum atomic E-state index is -0.182. The Balaban J connectivity index is 2.10. The number of benzene rings is 1. The zero-order valence-corrected chi connectivity index (χ0v) is 15.4. The van der Waals surface area contributed by atoms with Crippen LogP contribution in [0.25, 0.3) is 0 Å². The second-order valence-electron chi connectivity index (χ2n) is 5.74. The smallest absolute Gasteiger partial charge is 0.193 e. The van der Waals surface area contributed by atoms with Crippen LogP contribution in [0.2, 0.25) is 0 Å². The number of carbonyl (C=O) groups excluding carboxylic acids is 1. The lowest BCUT2D eigenvalue weighted by Crippen LogP contribution is -2.47. The van der Waals surface area contributed by atoms with Gasteiger partial charge in [-0.05, 0) is 37.0 Å². The normalized spacial score (nSPS) is 17.8. The van der Waals surface area contributed by atoms with Crippen molar-refractivity contribution >= 4 is 34.5 Å². The fraction of sp³-hybridized carbons (Fsp3) is 0.263. The van der Waals surface area contributed by atoms with E-state index in [-0.39, 0.29) is 11.8 Å². The summed E-state index contributed by atoms with van der Waals surface area (Å²) >= 11 is 7.19. The first-order valence-electron chi connectivity index (χ1n) is 8.05. The van der Waals surface area contributed by atoms with Crippen LogP contribution in [0.5, 0.6) is 0 Å². The summed E-state index contributed by atoms with van der Waals surface area (Å²) < 4.78 is 0. The van der Waals surface area contributed by atoms with Gasteiger partial charge in [0.15, 0.2) is 10.9 Å². The van der Waals surface area contributed by atoms with Crippen LogP contribution >= 0.6 is 23.6 Å². The minimum absolute atomic E-state index is 0.0580. The van der Waals surface area contributed by atoms with Crippen molar-refractivity contribution in [2.75, 3.05) is 6.54 Å². The summed E-state index contributed by atoms with van der Waals surface area (Å²) in [4.78, 5) is 16.4. The quantitative estimate of drug-likeness (QED) is 0.629. The fourth-order valence-corrected chi connectivity index (χ4v) is 4.11. The van der Waals surface area contributed by atoms with Crippen LogP contribution in [-0.4, -0.2) is 22.3 Å². The third-order valence-corrected chi connectivity index (χ3v) is 5.43. The molecule has 3 nitrogen and oxygen atoms in total. The van der Waals surface area contributed by atoms with E-state index >= 15 is 0 Å². The van der Waals surface area contributed by atoms with Crippen molar-refractivity contribution in [3.8, 4) is 0 Å². The lowest BCUT2D eigenvalue weighted by Gasteiger charge is -2.37. The minimum Gasteiger partial charge on any atom is -0.350 e. The topological polar surface area (TPSA) is 32.3 Å². The van der Waals surface area contributed by atoms with Gasteiger partial charge in [0.2, 0.25) is 0 Å². The van der Waals surface area contributed by atoms with E-state index in [1.165, 1.54) is 0 Å². The molecule has 1 N–H and O–H groups in total. The van der Waals surface area contributed by atoms with E-state index in [0.29, 0.717) is 10.7 Å². The third-order valence-electron chi connectivity index (χ3n) is 4.15. The number of thiophene rings is 1. The maximum absolute atomic E-state index is 13.2.